The lowest BCUT2D eigenvalue weighted by atomic mass is 10.1. The number of nitrogens with one attached hydrogen (secondary N) is 1. The second-order valence-corrected chi connectivity index (χ2v) is 8.64. The van der Waals surface area contributed by atoms with Crippen molar-refractivity contribution in [1.29, 1.82) is 0 Å². The van der Waals surface area contributed by atoms with Crippen LogP contribution in [0.25, 0.3) is 0 Å². The summed E-state index contributed by atoms with van der Waals surface area (Å²) in [5, 5.41) is 2.72. The van der Waals surface area contributed by atoms with Crippen LogP contribution in [0.5, 0.6) is 0 Å². The molecule has 0 saturated carbocycles. The number of hydrogen-bond acceptors (Lipinski definition) is 4. The highest BCUT2D eigenvalue weighted by Gasteiger charge is 2.43. The Morgan fingerprint density at radius 3 is 2.45 bits per heavy atom. The Balaban J connectivity index is 1.81. The summed E-state index contributed by atoms with van der Waals surface area (Å²) in [6, 6.07) is 16.7. The van der Waals surface area contributed by atoms with Crippen molar-refractivity contribution in [1.82, 2.24) is 4.90 Å². The molecule has 1 fully saturated rings. The fraction of sp³-hybridized carbons (Fsp3) is 0.391. The van der Waals surface area contributed by atoms with Gasteiger partial charge in [-0.05, 0) is 35.6 Å². The molecule has 6 heteroatoms. The van der Waals surface area contributed by atoms with Gasteiger partial charge in [-0.15, -0.1) is 11.8 Å². The van der Waals surface area contributed by atoms with Crippen LogP contribution in [0.1, 0.15) is 37.3 Å². The van der Waals surface area contributed by atoms with Gasteiger partial charge in [0.15, 0.2) is 0 Å². The first-order chi connectivity index (χ1) is 14.0. The third-order valence-electron chi connectivity index (χ3n) is 4.76. The van der Waals surface area contributed by atoms with Crippen LogP contribution in [0.4, 0.5) is 10.5 Å². The van der Waals surface area contributed by atoms with E-state index in [1.54, 1.807) is 16.7 Å². The van der Waals surface area contributed by atoms with E-state index in [2.05, 4.69) is 12.2 Å². The normalized spacial score (nSPS) is 18.7. The number of thioether (sulfide) groups is 1. The highest BCUT2D eigenvalue weighted by Crippen LogP contribution is 2.42. The molecule has 2 atom stereocenters. The highest BCUT2D eigenvalue weighted by molar-refractivity contribution is 7.99. The van der Waals surface area contributed by atoms with Crippen LogP contribution < -0.4 is 5.32 Å². The van der Waals surface area contributed by atoms with E-state index in [1.165, 1.54) is 5.56 Å². The lowest BCUT2D eigenvalue weighted by Gasteiger charge is -2.29. The lowest BCUT2D eigenvalue weighted by molar-refractivity contribution is -0.149. The molecule has 1 N–H and O–H groups in total. The molecule has 2 amide bonds. The molecule has 29 heavy (non-hydrogen) atoms. The minimum atomic E-state index is -0.612. The molecule has 1 heterocycles. The number of aryl methyl sites for hydroxylation is 1. The Kier molecular flexibility index (Phi) is 7.20. The van der Waals surface area contributed by atoms with Gasteiger partial charge in [-0.1, -0.05) is 63.2 Å². The number of hydrogen-bond donors (Lipinski definition) is 1. The Bertz CT molecular complexity index is 824. The van der Waals surface area contributed by atoms with Gasteiger partial charge in [0.2, 0.25) is 0 Å². The van der Waals surface area contributed by atoms with E-state index >= 15 is 0 Å². The summed E-state index contributed by atoms with van der Waals surface area (Å²) >= 11 is 1.58. The van der Waals surface area contributed by atoms with Crippen LogP contribution in [-0.2, 0) is 16.0 Å². The maximum atomic E-state index is 13.2. The van der Waals surface area contributed by atoms with E-state index in [9.17, 15) is 9.59 Å². The molecule has 1 aliphatic rings. The molecule has 0 aliphatic carbocycles. The average molecular weight is 413 g/mol. The number of esters is 1. The number of amides is 2. The van der Waals surface area contributed by atoms with Crippen molar-refractivity contribution in [3.8, 4) is 0 Å². The molecule has 0 spiro atoms. The van der Waals surface area contributed by atoms with Gasteiger partial charge in [-0.3, -0.25) is 4.90 Å². The van der Waals surface area contributed by atoms with Crippen molar-refractivity contribution >= 4 is 29.4 Å². The number of rotatable bonds is 6. The third kappa shape index (κ3) is 5.32. The zero-order valence-electron chi connectivity index (χ0n) is 17.1. The minimum absolute atomic E-state index is 0.234. The molecule has 1 saturated heterocycles. The molecule has 0 bridgehead atoms. The first-order valence-corrected chi connectivity index (χ1v) is 11.1. The Hall–Kier alpha value is -2.47. The Morgan fingerprint density at radius 2 is 1.83 bits per heavy atom. The molecule has 2 unspecified atom stereocenters. The third-order valence-corrected chi connectivity index (χ3v) is 6.09. The molecule has 2 aromatic carbocycles. The summed E-state index contributed by atoms with van der Waals surface area (Å²) in [7, 11) is 0. The second-order valence-electron chi connectivity index (χ2n) is 7.52. The van der Waals surface area contributed by atoms with Gasteiger partial charge in [0.1, 0.15) is 11.4 Å². The van der Waals surface area contributed by atoms with Crippen LogP contribution in [0.2, 0.25) is 0 Å². The summed E-state index contributed by atoms with van der Waals surface area (Å²) in [6.07, 6.45) is 0.941. The van der Waals surface area contributed by atoms with Crippen molar-refractivity contribution < 1.29 is 14.3 Å². The zero-order valence-corrected chi connectivity index (χ0v) is 17.9. The maximum Gasteiger partial charge on any atom is 0.329 e. The van der Waals surface area contributed by atoms with Crippen LogP contribution in [0.3, 0.4) is 0 Å². The quantitative estimate of drug-likeness (QED) is 0.671. The van der Waals surface area contributed by atoms with Crippen LogP contribution in [0.15, 0.2) is 54.6 Å². The molecular formula is C23H28N2O3S. The van der Waals surface area contributed by atoms with Crippen LogP contribution in [-0.4, -0.2) is 35.3 Å². The summed E-state index contributed by atoms with van der Waals surface area (Å²) in [4.78, 5) is 27.5. The summed E-state index contributed by atoms with van der Waals surface area (Å²) in [6.45, 7) is 6.43. The molecule has 5 nitrogen and oxygen atoms in total. The Morgan fingerprint density at radius 1 is 1.14 bits per heavy atom. The molecule has 0 aromatic heterocycles. The lowest BCUT2D eigenvalue weighted by Crippen LogP contribution is -2.46. The topological polar surface area (TPSA) is 58.6 Å². The summed E-state index contributed by atoms with van der Waals surface area (Å²) < 4.78 is 5.46. The van der Waals surface area contributed by atoms with Gasteiger partial charge in [0.05, 0.1) is 6.61 Å². The fourth-order valence-corrected chi connectivity index (χ4v) is 4.58. The van der Waals surface area contributed by atoms with Crippen LogP contribution >= 0.6 is 11.8 Å². The molecule has 0 radical (unpaired) electrons. The predicted octanol–water partition coefficient (Wildman–Crippen LogP) is 5.10. The van der Waals surface area contributed by atoms with Gasteiger partial charge in [-0.2, -0.15) is 0 Å². The molecule has 1 aliphatic heterocycles. The first-order valence-electron chi connectivity index (χ1n) is 10.0. The second kappa shape index (κ2) is 9.83. The number of benzene rings is 2. The highest BCUT2D eigenvalue weighted by atomic mass is 32.2. The van der Waals surface area contributed by atoms with Crippen molar-refractivity contribution in [2.24, 2.45) is 5.92 Å². The van der Waals surface area contributed by atoms with Gasteiger partial charge in [-0.25, -0.2) is 9.59 Å². The zero-order chi connectivity index (χ0) is 20.8. The maximum absolute atomic E-state index is 13.2. The van der Waals surface area contributed by atoms with E-state index < -0.39 is 6.04 Å². The monoisotopic (exact) mass is 412 g/mol. The van der Waals surface area contributed by atoms with Gasteiger partial charge in [0, 0.05) is 11.4 Å². The van der Waals surface area contributed by atoms with E-state index in [0.717, 1.165) is 12.0 Å². The number of carbonyl (C=O) groups excluding carboxylic acids is 2. The summed E-state index contributed by atoms with van der Waals surface area (Å²) in [5.41, 5.74) is 2.91. The van der Waals surface area contributed by atoms with E-state index in [-0.39, 0.29) is 23.3 Å². The smallest absolute Gasteiger partial charge is 0.329 e. The largest absolute Gasteiger partial charge is 0.464 e. The van der Waals surface area contributed by atoms with E-state index in [0.29, 0.717) is 18.0 Å². The Labute approximate surface area is 176 Å². The first kappa shape index (κ1) is 21.2. The molecule has 154 valence electrons. The number of carbonyl (C=O) groups is 2. The van der Waals surface area contributed by atoms with Crippen molar-refractivity contribution in [2.75, 3.05) is 17.7 Å². The van der Waals surface area contributed by atoms with Crippen molar-refractivity contribution in [3.63, 3.8) is 0 Å². The fourth-order valence-electron chi connectivity index (χ4n) is 3.17. The van der Waals surface area contributed by atoms with Gasteiger partial charge >= 0.3 is 12.0 Å². The average Bonchev–Trinajstić information content (AvgIpc) is 3.18. The molecular weight excluding hydrogens is 384 g/mol. The SMILES string of the molecule is CCc1ccc(NC(=O)N2C(C(=O)OCC(C)C)CSC2c2ccccc2)cc1. The van der Waals surface area contributed by atoms with Gasteiger partial charge < -0.3 is 10.1 Å². The summed E-state index contributed by atoms with van der Waals surface area (Å²) in [5.74, 6) is 0.414. The molecule has 2 aromatic rings. The number of nitrogens with zero attached hydrogens (tertiary/aromatic N) is 1. The van der Waals surface area contributed by atoms with E-state index in [4.69, 9.17) is 4.74 Å². The van der Waals surface area contributed by atoms with Crippen molar-refractivity contribution in [3.05, 3.63) is 65.7 Å². The van der Waals surface area contributed by atoms with Crippen molar-refractivity contribution in [2.45, 2.75) is 38.6 Å². The molecule has 3 rings (SSSR count). The number of urea groups is 1. The standard InChI is InChI=1S/C23H28N2O3S/c1-4-17-10-12-19(13-11-17)24-23(27)25-20(22(26)28-14-16(2)3)15-29-21(25)18-8-6-5-7-9-18/h5-13,16,20-21H,4,14-15H2,1-3H3,(H,24,27). The number of ether oxygens (including phenoxy) is 1. The minimum Gasteiger partial charge on any atom is -0.464 e. The predicted molar refractivity (Wildman–Crippen MR) is 118 cm³/mol. The van der Waals surface area contributed by atoms with Gasteiger partial charge in [0.25, 0.3) is 0 Å². The van der Waals surface area contributed by atoms with Crippen LogP contribution in [0, 0.1) is 5.92 Å². The van der Waals surface area contributed by atoms with E-state index in [1.807, 2.05) is 68.4 Å². The number of anilines is 1.